The summed E-state index contributed by atoms with van der Waals surface area (Å²) in [6.07, 6.45) is 0.176. The summed E-state index contributed by atoms with van der Waals surface area (Å²) in [5, 5.41) is 9.53. The van der Waals surface area contributed by atoms with Crippen LogP contribution in [0.25, 0.3) is 5.69 Å². The Kier molecular flexibility index (Phi) is 3.95. The van der Waals surface area contributed by atoms with Crippen LogP contribution < -0.4 is 10.0 Å². The quantitative estimate of drug-likeness (QED) is 0.895. The molecule has 23 heavy (non-hydrogen) atoms. The minimum Gasteiger partial charge on any atom is -0.296 e. The lowest BCUT2D eigenvalue weighted by molar-refractivity contribution is -0.117. The molecule has 1 aromatic carbocycles. The van der Waals surface area contributed by atoms with Crippen molar-refractivity contribution in [3.63, 3.8) is 0 Å². The Morgan fingerprint density at radius 3 is 2.65 bits per heavy atom. The Hall–Kier alpha value is -2.19. The molecule has 1 amide bonds. The Balaban J connectivity index is 1.92. The fourth-order valence-corrected chi connectivity index (χ4v) is 3.76. The molecule has 1 aliphatic rings. The van der Waals surface area contributed by atoms with Crippen molar-refractivity contribution in [1.82, 2.24) is 9.78 Å². The SMILES string of the molecule is Cc1cc(N2CC(CS(N)(=O)=O)CC2=O)n(-c2ccccc2)n1. The molecule has 2 aromatic rings. The van der Waals surface area contributed by atoms with Crippen molar-refractivity contribution >= 4 is 21.7 Å². The Bertz CT molecular complexity index is 830. The van der Waals surface area contributed by atoms with Gasteiger partial charge < -0.3 is 0 Å². The highest BCUT2D eigenvalue weighted by Crippen LogP contribution is 2.28. The number of primary sulfonamides is 1. The first kappa shape index (κ1) is 15.7. The second-order valence-corrected chi connectivity index (χ2v) is 7.45. The third kappa shape index (κ3) is 3.43. The van der Waals surface area contributed by atoms with Gasteiger partial charge in [0.25, 0.3) is 0 Å². The fourth-order valence-electron chi connectivity index (χ4n) is 2.88. The fraction of sp³-hybridized carbons (Fsp3) is 0.333. The van der Waals surface area contributed by atoms with E-state index in [9.17, 15) is 13.2 Å². The van der Waals surface area contributed by atoms with Crippen molar-refractivity contribution in [2.24, 2.45) is 11.1 Å². The summed E-state index contributed by atoms with van der Waals surface area (Å²) in [7, 11) is -3.59. The summed E-state index contributed by atoms with van der Waals surface area (Å²) in [6, 6.07) is 11.3. The number of hydrogen-bond acceptors (Lipinski definition) is 4. The summed E-state index contributed by atoms with van der Waals surface area (Å²) in [5.74, 6) is 0.0523. The van der Waals surface area contributed by atoms with Gasteiger partial charge in [-0.25, -0.2) is 18.2 Å². The van der Waals surface area contributed by atoms with Gasteiger partial charge in [0.05, 0.1) is 17.1 Å². The van der Waals surface area contributed by atoms with Gasteiger partial charge in [-0.15, -0.1) is 0 Å². The molecule has 0 bridgehead atoms. The summed E-state index contributed by atoms with van der Waals surface area (Å²) < 4.78 is 24.2. The van der Waals surface area contributed by atoms with E-state index in [2.05, 4.69) is 5.10 Å². The second kappa shape index (κ2) is 5.78. The van der Waals surface area contributed by atoms with Gasteiger partial charge in [0.15, 0.2) is 0 Å². The third-order valence-corrected chi connectivity index (χ3v) is 4.70. The number of carbonyl (C=O) groups is 1. The lowest BCUT2D eigenvalue weighted by Gasteiger charge is -2.18. The molecule has 3 rings (SSSR count). The van der Waals surface area contributed by atoms with Crippen molar-refractivity contribution in [2.45, 2.75) is 13.3 Å². The zero-order valence-corrected chi connectivity index (χ0v) is 13.5. The van der Waals surface area contributed by atoms with E-state index in [0.29, 0.717) is 12.4 Å². The summed E-state index contributed by atoms with van der Waals surface area (Å²) in [6.45, 7) is 2.18. The summed E-state index contributed by atoms with van der Waals surface area (Å²) >= 11 is 0. The number of aromatic nitrogens is 2. The highest BCUT2D eigenvalue weighted by Gasteiger charge is 2.34. The number of amides is 1. The van der Waals surface area contributed by atoms with Crippen LogP contribution in [0.15, 0.2) is 36.4 Å². The van der Waals surface area contributed by atoms with Crippen molar-refractivity contribution < 1.29 is 13.2 Å². The Morgan fingerprint density at radius 2 is 2.00 bits per heavy atom. The predicted octanol–water partition coefficient (Wildman–Crippen LogP) is 0.822. The van der Waals surface area contributed by atoms with Crippen LogP contribution in [-0.2, 0) is 14.8 Å². The molecule has 0 radical (unpaired) electrons. The monoisotopic (exact) mass is 334 g/mol. The standard InChI is InChI=1S/C15H18N4O3S/c1-11-7-14(19(17-11)13-5-3-2-4-6-13)18-9-12(8-15(18)20)10-23(16,21)22/h2-7,12H,8-10H2,1H3,(H2,16,21,22). The molecule has 1 atom stereocenters. The number of carbonyl (C=O) groups excluding carboxylic acids is 1. The number of aryl methyl sites for hydroxylation is 1. The number of anilines is 1. The number of nitrogens with two attached hydrogens (primary N) is 1. The average molecular weight is 334 g/mol. The first-order valence-corrected chi connectivity index (χ1v) is 8.98. The van der Waals surface area contributed by atoms with E-state index in [0.717, 1.165) is 11.4 Å². The molecular formula is C15H18N4O3S. The van der Waals surface area contributed by atoms with Crippen molar-refractivity contribution in [1.29, 1.82) is 0 Å². The van der Waals surface area contributed by atoms with Crippen LogP contribution >= 0.6 is 0 Å². The van der Waals surface area contributed by atoms with Crippen molar-refractivity contribution in [2.75, 3.05) is 17.2 Å². The normalized spacial score (nSPS) is 18.6. The van der Waals surface area contributed by atoms with Crippen LogP contribution in [0.1, 0.15) is 12.1 Å². The molecular weight excluding hydrogens is 316 g/mol. The number of hydrogen-bond donors (Lipinski definition) is 1. The van der Waals surface area contributed by atoms with Gasteiger partial charge in [-0.1, -0.05) is 18.2 Å². The number of benzene rings is 1. The molecule has 0 spiro atoms. The molecule has 2 N–H and O–H groups in total. The van der Waals surface area contributed by atoms with Gasteiger partial charge in [-0.2, -0.15) is 5.10 Å². The van der Waals surface area contributed by atoms with Crippen LogP contribution in [0, 0.1) is 12.8 Å². The molecule has 1 aliphatic heterocycles. The summed E-state index contributed by atoms with van der Waals surface area (Å²) in [5.41, 5.74) is 1.63. The average Bonchev–Trinajstić information content (AvgIpc) is 3.01. The Labute approximate surface area is 134 Å². The van der Waals surface area contributed by atoms with Gasteiger partial charge >= 0.3 is 0 Å². The van der Waals surface area contributed by atoms with E-state index in [1.807, 2.05) is 43.3 Å². The topological polar surface area (TPSA) is 98.3 Å². The first-order valence-electron chi connectivity index (χ1n) is 7.26. The number of sulfonamides is 1. The van der Waals surface area contributed by atoms with Crippen LogP contribution in [-0.4, -0.2) is 36.4 Å². The second-order valence-electron chi connectivity index (χ2n) is 5.80. The Morgan fingerprint density at radius 1 is 1.30 bits per heavy atom. The lowest BCUT2D eigenvalue weighted by atomic mass is 10.1. The number of nitrogens with zero attached hydrogens (tertiary/aromatic N) is 3. The minimum atomic E-state index is -3.59. The van der Waals surface area contributed by atoms with Gasteiger partial charge in [0.2, 0.25) is 15.9 Å². The maximum atomic E-state index is 12.3. The lowest BCUT2D eigenvalue weighted by Crippen LogP contribution is -2.29. The van der Waals surface area contributed by atoms with E-state index in [4.69, 9.17) is 5.14 Å². The van der Waals surface area contributed by atoms with Crippen LogP contribution in [0.2, 0.25) is 0 Å². The highest BCUT2D eigenvalue weighted by atomic mass is 32.2. The molecule has 122 valence electrons. The smallest absolute Gasteiger partial charge is 0.228 e. The van der Waals surface area contributed by atoms with Gasteiger partial charge in [-0.05, 0) is 19.1 Å². The molecule has 1 unspecified atom stereocenters. The molecule has 0 saturated carbocycles. The third-order valence-electron chi connectivity index (χ3n) is 3.76. The zero-order chi connectivity index (χ0) is 16.6. The molecule has 1 fully saturated rings. The highest BCUT2D eigenvalue weighted by molar-refractivity contribution is 7.89. The first-order chi connectivity index (χ1) is 10.8. The maximum Gasteiger partial charge on any atom is 0.228 e. The van der Waals surface area contributed by atoms with E-state index in [1.165, 1.54) is 0 Å². The van der Waals surface area contributed by atoms with E-state index in [1.54, 1.807) is 9.58 Å². The molecule has 8 heteroatoms. The van der Waals surface area contributed by atoms with Crippen LogP contribution in [0.4, 0.5) is 5.82 Å². The molecule has 1 aromatic heterocycles. The van der Waals surface area contributed by atoms with Crippen molar-refractivity contribution in [3.05, 3.63) is 42.1 Å². The molecule has 2 heterocycles. The predicted molar refractivity (Wildman–Crippen MR) is 86.7 cm³/mol. The van der Waals surface area contributed by atoms with E-state index < -0.39 is 10.0 Å². The van der Waals surface area contributed by atoms with Crippen molar-refractivity contribution in [3.8, 4) is 5.69 Å². The maximum absolute atomic E-state index is 12.3. The molecule has 7 nitrogen and oxygen atoms in total. The molecule has 1 saturated heterocycles. The summed E-state index contributed by atoms with van der Waals surface area (Å²) in [4.78, 5) is 13.9. The van der Waals surface area contributed by atoms with E-state index >= 15 is 0 Å². The van der Waals surface area contributed by atoms with Gasteiger partial charge in [0, 0.05) is 24.9 Å². The number of rotatable bonds is 4. The van der Waals surface area contributed by atoms with Gasteiger partial charge in [-0.3, -0.25) is 9.69 Å². The van der Waals surface area contributed by atoms with E-state index in [-0.39, 0.29) is 24.0 Å². The zero-order valence-electron chi connectivity index (χ0n) is 12.7. The largest absolute Gasteiger partial charge is 0.296 e. The molecule has 0 aliphatic carbocycles. The van der Waals surface area contributed by atoms with Gasteiger partial charge in [0.1, 0.15) is 5.82 Å². The van der Waals surface area contributed by atoms with Crippen LogP contribution in [0.5, 0.6) is 0 Å². The number of para-hydroxylation sites is 1. The minimum absolute atomic E-state index is 0.115. The van der Waals surface area contributed by atoms with Crippen LogP contribution in [0.3, 0.4) is 0 Å².